The number of rotatable bonds is 11. The summed E-state index contributed by atoms with van der Waals surface area (Å²) in [5.41, 5.74) is 3.53. The second-order valence-corrected chi connectivity index (χ2v) is 17.4. The lowest BCUT2D eigenvalue weighted by molar-refractivity contribution is 0.103. The molecule has 12 nitrogen and oxygen atoms in total. The Morgan fingerprint density at radius 3 is 1.80 bits per heavy atom. The third kappa shape index (κ3) is 7.78. The van der Waals surface area contributed by atoms with Crippen LogP contribution in [0.2, 0.25) is 0 Å². The van der Waals surface area contributed by atoms with Gasteiger partial charge in [-0.3, -0.25) is 4.79 Å². The Morgan fingerprint density at radius 1 is 0.678 bits per heavy atom. The second kappa shape index (κ2) is 15.3. The van der Waals surface area contributed by atoms with Crippen LogP contribution in [0.25, 0.3) is 55.0 Å². The predicted molar refractivity (Wildman–Crippen MR) is 226 cm³/mol. The Labute approximate surface area is 350 Å². The van der Waals surface area contributed by atoms with Crippen LogP contribution in [-0.2, 0) is 27.5 Å². The quantitative estimate of drug-likeness (QED) is 0.0539. The monoisotopic (exact) mass is 872 g/mol. The molecule has 59 heavy (non-hydrogen) atoms. The van der Waals surface area contributed by atoms with Crippen LogP contribution < -0.4 is 4.18 Å². The van der Waals surface area contributed by atoms with Crippen LogP contribution in [0.5, 0.6) is 34.5 Å². The van der Waals surface area contributed by atoms with E-state index in [-0.39, 0.29) is 68.9 Å². The van der Waals surface area contributed by atoms with Crippen LogP contribution in [0.3, 0.4) is 0 Å². The molecule has 0 bridgehead atoms. The third-order valence-electron chi connectivity index (χ3n) is 9.80. The predicted octanol–water partition coefficient (Wildman–Crippen LogP) is 9.62. The van der Waals surface area contributed by atoms with Crippen LogP contribution in [0.4, 0.5) is 0 Å². The summed E-state index contributed by atoms with van der Waals surface area (Å²) in [6.45, 7) is -0.685. The lowest BCUT2D eigenvalue weighted by Gasteiger charge is -2.16. The smallest absolute Gasteiger partial charge is 0.449 e. The summed E-state index contributed by atoms with van der Waals surface area (Å²) >= 11 is 17.2. The Bertz CT molecular complexity index is 3010. The third-order valence-corrected chi connectivity index (χ3v) is 10.9. The van der Waals surface area contributed by atoms with Gasteiger partial charge in [-0.2, -0.15) is 8.42 Å². The molecule has 0 amide bonds. The molecule has 8 aromatic rings. The average molecular weight is 874 g/mol. The van der Waals surface area contributed by atoms with Crippen molar-refractivity contribution in [1.29, 1.82) is 0 Å². The van der Waals surface area contributed by atoms with Crippen molar-refractivity contribution in [1.82, 2.24) is 9.55 Å². The molecule has 0 radical (unpaired) electrons. The fraction of sp³-hybridized carbons (Fsp3) is 0.0930. The first-order valence-electron chi connectivity index (χ1n) is 17.8. The van der Waals surface area contributed by atoms with Crippen molar-refractivity contribution in [2.75, 3.05) is 6.61 Å². The summed E-state index contributed by atoms with van der Waals surface area (Å²) in [7, 11) is -4.81. The minimum absolute atomic E-state index is 0.0316. The molecule has 0 spiro atoms. The summed E-state index contributed by atoms with van der Waals surface area (Å²) in [6, 6.07) is 29.4. The van der Waals surface area contributed by atoms with Gasteiger partial charge in [-0.05, 0) is 89.8 Å². The van der Waals surface area contributed by atoms with E-state index in [1.54, 1.807) is 59.2 Å². The van der Waals surface area contributed by atoms with E-state index >= 15 is 4.79 Å². The normalized spacial score (nSPS) is 12.1. The van der Waals surface area contributed by atoms with Gasteiger partial charge in [0.2, 0.25) is 9.58 Å². The molecule has 0 aliphatic rings. The number of aromatic hydroxyl groups is 5. The van der Waals surface area contributed by atoms with Crippen molar-refractivity contribution in [2.24, 2.45) is 0 Å². The molecule has 0 atom stereocenters. The number of benzene rings is 6. The van der Waals surface area contributed by atoms with E-state index in [9.17, 15) is 34.0 Å². The number of carbonyl (C=O) groups is 1. The van der Waals surface area contributed by atoms with E-state index in [2.05, 4.69) is 4.98 Å². The van der Waals surface area contributed by atoms with Gasteiger partial charge in [-0.1, -0.05) is 83.3 Å². The lowest BCUT2D eigenvalue weighted by Crippen LogP contribution is -2.21. The number of halogens is 3. The van der Waals surface area contributed by atoms with Crippen molar-refractivity contribution in [2.45, 2.75) is 16.8 Å². The van der Waals surface area contributed by atoms with Crippen molar-refractivity contribution in [3.63, 3.8) is 0 Å². The van der Waals surface area contributed by atoms with E-state index in [4.69, 9.17) is 43.2 Å². The highest BCUT2D eigenvalue weighted by atomic mass is 35.6. The number of aromatic amines is 1. The number of aryl methyl sites for hydroxylation is 2. The summed E-state index contributed by atoms with van der Waals surface area (Å²) in [4.78, 5) is 18.3. The molecule has 0 unspecified atom stereocenters. The van der Waals surface area contributed by atoms with E-state index < -0.39 is 26.6 Å². The van der Waals surface area contributed by atoms with Crippen LogP contribution in [0.15, 0.2) is 115 Å². The molecule has 0 saturated heterocycles. The zero-order chi connectivity index (χ0) is 41.8. The number of nitrogens with one attached hydrogen (secondary N) is 1. The molecule has 6 aromatic carbocycles. The van der Waals surface area contributed by atoms with Gasteiger partial charge in [0.1, 0.15) is 35.4 Å². The summed E-state index contributed by atoms with van der Waals surface area (Å²) in [5.74, 6) is -0.985. The standard InChI is InChI=1S/C43H31Cl3N2O10S/c44-43(45,46)22-57-59(55,56)58-32-3-1-2-31-35-36-33(24-6-14-28(50)15-7-24)40(41(53)26-10-18-30(52)19-11-26)48(21-20-23-4-12-27(49)13-5-23)39(36)34(25-8-16-29(51)17-9-25)42(54)38(35)47-37(31)32/h1-19,47,49-52,54H,20-22H2. The number of fused-ring (bicyclic) bond motifs is 5. The van der Waals surface area contributed by atoms with Gasteiger partial charge in [0.05, 0.1) is 27.8 Å². The Balaban J connectivity index is 1.53. The maximum absolute atomic E-state index is 15.1. The van der Waals surface area contributed by atoms with Gasteiger partial charge in [-0.25, -0.2) is 4.18 Å². The van der Waals surface area contributed by atoms with E-state index in [0.29, 0.717) is 44.8 Å². The number of hydrogen-bond acceptors (Lipinski definition) is 10. The van der Waals surface area contributed by atoms with Gasteiger partial charge >= 0.3 is 10.4 Å². The number of para-hydroxylation sites is 1. The van der Waals surface area contributed by atoms with Gasteiger partial charge < -0.3 is 39.3 Å². The average Bonchev–Trinajstić information content (AvgIpc) is 3.75. The lowest BCUT2D eigenvalue weighted by atomic mass is 9.92. The number of H-pyrrole nitrogens is 1. The maximum atomic E-state index is 15.1. The first-order chi connectivity index (χ1) is 28.1. The van der Waals surface area contributed by atoms with Crippen molar-refractivity contribution < 1.29 is 47.1 Å². The van der Waals surface area contributed by atoms with Gasteiger partial charge in [0, 0.05) is 33.8 Å². The minimum Gasteiger partial charge on any atom is -0.508 e. The number of aromatic nitrogens is 2. The molecule has 0 aliphatic heterocycles. The molecule has 0 saturated carbocycles. The molecule has 6 N–H and O–H groups in total. The van der Waals surface area contributed by atoms with Crippen molar-refractivity contribution in [3.8, 4) is 56.8 Å². The molecule has 16 heteroatoms. The largest absolute Gasteiger partial charge is 0.508 e. The van der Waals surface area contributed by atoms with Crippen molar-refractivity contribution in [3.05, 3.63) is 132 Å². The number of carbonyl (C=O) groups excluding carboxylic acids is 1. The maximum Gasteiger partial charge on any atom is 0.449 e. The fourth-order valence-corrected chi connectivity index (χ4v) is 8.34. The van der Waals surface area contributed by atoms with E-state index in [1.807, 2.05) is 0 Å². The first kappa shape index (κ1) is 39.7. The van der Waals surface area contributed by atoms with Gasteiger partial charge in [0.25, 0.3) is 0 Å². The zero-order valence-electron chi connectivity index (χ0n) is 30.4. The number of phenolic OH excluding ortho intramolecular Hbond substituents is 5. The van der Waals surface area contributed by atoms with Crippen LogP contribution in [0, 0.1) is 0 Å². The number of alkyl halides is 3. The Kier molecular flexibility index (Phi) is 10.3. The number of ketones is 1. The molecule has 300 valence electrons. The fourth-order valence-electron chi connectivity index (χ4n) is 7.25. The Morgan fingerprint density at radius 2 is 1.22 bits per heavy atom. The number of nitrogens with zero attached hydrogens (tertiary/aromatic N) is 1. The molecular formula is C43H31Cl3N2O10S. The van der Waals surface area contributed by atoms with Crippen LogP contribution in [-0.4, -0.2) is 59.7 Å². The molecule has 2 aromatic heterocycles. The summed E-state index contributed by atoms with van der Waals surface area (Å²) in [6.07, 6.45) is 0.348. The van der Waals surface area contributed by atoms with Crippen LogP contribution in [0.1, 0.15) is 21.6 Å². The molecule has 0 fully saturated rings. The SMILES string of the molecule is O=C(c1ccc(O)cc1)c1c(-c2ccc(O)cc2)c2c3c([nH]c4c(OS(=O)(=O)OCC(Cl)(Cl)Cl)cccc43)c(O)c(-c3ccc(O)cc3)c2n1CCc1ccc(O)cc1. The van der Waals surface area contributed by atoms with E-state index in [1.165, 1.54) is 60.7 Å². The highest BCUT2D eigenvalue weighted by Gasteiger charge is 2.33. The highest BCUT2D eigenvalue weighted by Crippen LogP contribution is 2.52. The van der Waals surface area contributed by atoms with Gasteiger partial charge in [0.15, 0.2) is 5.75 Å². The van der Waals surface area contributed by atoms with Crippen LogP contribution >= 0.6 is 34.8 Å². The number of hydrogen-bond donors (Lipinski definition) is 6. The van der Waals surface area contributed by atoms with E-state index in [0.717, 1.165) is 5.56 Å². The zero-order valence-corrected chi connectivity index (χ0v) is 33.4. The van der Waals surface area contributed by atoms with Crippen molar-refractivity contribution >= 4 is 83.7 Å². The first-order valence-corrected chi connectivity index (χ1v) is 20.3. The molecule has 0 aliphatic carbocycles. The minimum atomic E-state index is -4.81. The molecule has 2 heterocycles. The molecule has 8 rings (SSSR count). The topological polar surface area (TPSA) is 192 Å². The summed E-state index contributed by atoms with van der Waals surface area (Å²) < 4.78 is 36.0. The summed E-state index contributed by atoms with van der Waals surface area (Å²) in [5, 5.41) is 54.6. The van der Waals surface area contributed by atoms with Gasteiger partial charge in [-0.15, -0.1) is 0 Å². The highest BCUT2D eigenvalue weighted by molar-refractivity contribution is 7.82. The Hall–Kier alpha value is -6.09. The second-order valence-electron chi connectivity index (χ2n) is 13.6. The number of phenols is 5. The molecular weight excluding hydrogens is 843 g/mol.